The highest BCUT2D eigenvalue weighted by atomic mass is 16.6. The van der Waals surface area contributed by atoms with Crippen LogP contribution in [0, 0.1) is 5.92 Å². The third-order valence-corrected chi connectivity index (χ3v) is 5.86. The van der Waals surface area contributed by atoms with E-state index in [1.165, 1.54) is 0 Å². The van der Waals surface area contributed by atoms with Crippen LogP contribution in [0.25, 0.3) is 10.8 Å². The summed E-state index contributed by atoms with van der Waals surface area (Å²) in [6.45, 7) is 6.46. The molecule has 0 spiro atoms. The molecule has 0 radical (unpaired) electrons. The number of ketones is 1. The van der Waals surface area contributed by atoms with E-state index in [4.69, 9.17) is 14.2 Å². The predicted octanol–water partition coefficient (Wildman–Crippen LogP) is 4.45. The lowest BCUT2D eigenvalue weighted by atomic mass is 9.80. The van der Waals surface area contributed by atoms with E-state index >= 15 is 0 Å². The molecule has 1 amide bonds. The fraction of sp³-hybridized carbons (Fsp3) is 0.500. The van der Waals surface area contributed by atoms with Gasteiger partial charge in [-0.2, -0.15) is 0 Å². The number of carbonyl (C=O) groups excluding carboxylic acids is 2. The van der Waals surface area contributed by atoms with Crippen LogP contribution in [0.5, 0.6) is 5.75 Å². The molecule has 30 heavy (non-hydrogen) atoms. The Kier molecular flexibility index (Phi) is 5.45. The van der Waals surface area contributed by atoms with Gasteiger partial charge in [0.1, 0.15) is 11.4 Å². The van der Waals surface area contributed by atoms with E-state index < -0.39 is 5.60 Å². The SMILES string of the molecule is COc1ccc(C(=O)C2CC3COCC(C2)N3C(=O)OC(C)(C)C)c2ccccc12. The maximum Gasteiger partial charge on any atom is 0.410 e. The van der Waals surface area contributed by atoms with E-state index in [1.54, 1.807) is 12.0 Å². The highest BCUT2D eigenvalue weighted by Gasteiger charge is 2.45. The molecule has 2 aliphatic rings. The molecule has 2 atom stereocenters. The molecular weight excluding hydrogens is 382 g/mol. The lowest BCUT2D eigenvalue weighted by Crippen LogP contribution is -2.60. The number of hydrogen-bond acceptors (Lipinski definition) is 5. The Balaban J connectivity index is 1.59. The van der Waals surface area contributed by atoms with Crippen LogP contribution in [-0.4, -0.2) is 54.8 Å². The van der Waals surface area contributed by atoms with Crippen molar-refractivity contribution in [3.05, 3.63) is 42.0 Å². The number of ether oxygens (including phenoxy) is 3. The number of hydrogen-bond donors (Lipinski definition) is 0. The molecule has 6 heteroatoms. The fourth-order valence-electron chi connectivity index (χ4n) is 4.63. The summed E-state index contributed by atoms with van der Waals surface area (Å²) in [4.78, 5) is 28.1. The molecule has 0 N–H and O–H groups in total. The van der Waals surface area contributed by atoms with Crippen molar-refractivity contribution in [2.45, 2.75) is 51.3 Å². The highest BCUT2D eigenvalue weighted by Crippen LogP contribution is 2.37. The Morgan fingerprint density at radius 2 is 1.63 bits per heavy atom. The van der Waals surface area contributed by atoms with Gasteiger partial charge in [0.05, 0.1) is 32.4 Å². The number of nitrogens with zero attached hydrogens (tertiary/aromatic N) is 1. The van der Waals surface area contributed by atoms with Gasteiger partial charge in [0.2, 0.25) is 0 Å². The zero-order chi connectivity index (χ0) is 21.5. The van der Waals surface area contributed by atoms with E-state index in [-0.39, 0.29) is 29.9 Å². The van der Waals surface area contributed by atoms with Gasteiger partial charge in [-0.15, -0.1) is 0 Å². The van der Waals surface area contributed by atoms with Crippen molar-refractivity contribution in [3.63, 3.8) is 0 Å². The summed E-state index contributed by atoms with van der Waals surface area (Å²) in [5, 5.41) is 1.83. The number of amides is 1. The van der Waals surface area contributed by atoms with E-state index in [0.717, 1.165) is 16.5 Å². The Morgan fingerprint density at radius 1 is 1.00 bits per heavy atom. The summed E-state index contributed by atoms with van der Waals surface area (Å²) in [6.07, 6.45) is 0.839. The molecule has 4 rings (SSSR count). The fourth-order valence-corrected chi connectivity index (χ4v) is 4.63. The van der Waals surface area contributed by atoms with Crippen molar-refractivity contribution in [2.24, 2.45) is 5.92 Å². The molecule has 2 fully saturated rings. The molecule has 0 aliphatic carbocycles. The minimum atomic E-state index is -0.555. The van der Waals surface area contributed by atoms with Gasteiger partial charge in [-0.3, -0.25) is 9.69 Å². The normalized spacial score (nSPS) is 23.9. The van der Waals surface area contributed by atoms with E-state index in [1.807, 2.05) is 57.2 Å². The van der Waals surface area contributed by atoms with Crippen LogP contribution in [0.3, 0.4) is 0 Å². The molecule has 0 aromatic heterocycles. The number of methoxy groups -OCH3 is 1. The van der Waals surface area contributed by atoms with Crippen molar-refractivity contribution in [1.82, 2.24) is 4.90 Å². The molecule has 6 nitrogen and oxygen atoms in total. The van der Waals surface area contributed by atoms with Crippen LogP contribution in [0.15, 0.2) is 36.4 Å². The van der Waals surface area contributed by atoms with Crippen molar-refractivity contribution >= 4 is 22.6 Å². The van der Waals surface area contributed by atoms with Gasteiger partial charge in [-0.25, -0.2) is 4.79 Å². The van der Waals surface area contributed by atoms with Crippen molar-refractivity contribution in [3.8, 4) is 5.75 Å². The lowest BCUT2D eigenvalue weighted by molar-refractivity contribution is -0.0861. The van der Waals surface area contributed by atoms with Gasteiger partial charge in [-0.05, 0) is 51.1 Å². The predicted molar refractivity (Wildman–Crippen MR) is 114 cm³/mol. The summed E-state index contributed by atoms with van der Waals surface area (Å²) in [5.74, 6) is 0.723. The van der Waals surface area contributed by atoms with Crippen molar-refractivity contribution < 1.29 is 23.8 Å². The highest BCUT2D eigenvalue weighted by molar-refractivity contribution is 6.10. The third kappa shape index (κ3) is 3.88. The largest absolute Gasteiger partial charge is 0.496 e. The maximum atomic E-state index is 13.5. The number of fused-ring (bicyclic) bond motifs is 3. The van der Waals surface area contributed by atoms with Gasteiger partial charge in [-0.1, -0.05) is 24.3 Å². The van der Waals surface area contributed by atoms with E-state index in [0.29, 0.717) is 31.6 Å². The first-order chi connectivity index (χ1) is 14.3. The molecule has 2 aliphatic heterocycles. The second kappa shape index (κ2) is 7.91. The Hall–Kier alpha value is -2.60. The van der Waals surface area contributed by atoms with Crippen LogP contribution in [-0.2, 0) is 9.47 Å². The first-order valence-corrected chi connectivity index (χ1v) is 10.5. The minimum Gasteiger partial charge on any atom is -0.496 e. The molecular formula is C24H29NO5. The molecule has 2 aromatic rings. The Labute approximate surface area is 177 Å². The summed E-state index contributed by atoms with van der Waals surface area (Å²) >= 11 is 0. The molecule has 2 unspecified atom stereocenters. The monoisotopic (exact) mass is 411 g/mol. The van der Waals surface area contributed by atoms with Crippen molar-refractivity contribution in [1.29, 1.82) is 0 Å². The van der Waals surface area contributed by atoms with Gasteiger partial charge >= 0.3 is 6.09 Å². The molecule has 160 valence electrons. The van der Waals surface area contributed by atoms with Gasteiger partial charge < -0.3 is 14.2 Å². The third-order valence-electron chi connectivity index (χ3n) is 5.86. The first-order valence-electron chi connectivity index (χ1n) is 10.5. The number of piperidine rings is 1. The number of rotatable bonds is 3. The Bertz CT molecular complexity index is 950. The standard InChI is InChI=1S/C24H29NO5/c1-24(2,3)30-23(27)25-16-11-15(12-17(25)14-29-13-16)22(26)20-9-10-21(28-4)19-8-6-5-7-18(19)20/h5-10,15-17H,11-14H2,1-4H3. The molecule has 2 bridgehead atoms. The summed E-state index contributed by atoms with van der Waals surface area (Å²) in [6, 6.07) is 11.2. The maximum absolute atomic E-state index is 13.5. The second-order valence-electron chi connectivity index (χ2n) is 9.13. The number of morpholine rings is 1. The van der Waals surface area contributed by atoms with Crippen LogP contribution >= 0.6 is 0 Å². The number of Topliss-reactive ketones (excluding diaryl/α,β-unsaturated/α-hetero) is 1. The topological polar surface area (TPSA) is 65.1 Å². The lowest BCUT2D eigenvalue weighted by Gasteiger charge is -2.47. The first kappa shape index (κ1) is 20.7. The summed E-state index contributed by atoms with van der Waals surface area (Å²) < 4.78 is 16.8. The second-order valence-corrected chi connectivity index (χ2v) is 9.13. The van der Waals surface area contributed by atoms with E-state index in [2.05, 4.69) is 0 Å². The number of benzene rings is 2. The van der Waals surface area contributed by atoms with Crippen molar-refractivity contribution in [2.75, 3.05) is 20.3 Å². The quantitative estimate of drug-likeness (QED) is 0.699. The van der Waals surface area contributed by atoms with Crippen LogP contribution in [0.2, 0.25) is 0 Å². The average molecular weight is 411 g/mol. The zero-order valence-electron chi connectivity index (χ0n) is 18.0. The van der Waals surface area contributed by atoms with Crippen LogP contribution in [0.4, 0.5) is 4.79 Å². The van der Waals surface area contributed by atoms with Crippen LogP contribution < -0.4 is 4.74 Å². The van der Waals surface area contributed by atoms with Gasteiger partial charge in [0.25, 0.3) is 0 Å². The molecule has 2 heterocycles. The van der Waals surface area contributed by atoms with Gasteiger partial charge in [0.15, 0.2) is 5.78 Å². The average Bonchev–Trinajstić information content (AvgIpc) is 2.70. The van der Waals surface area contributed by atoms with Gasteiger partial charge in [0, 0.05) is 16.9 Å². The Morgan fingerprint density at radius 3 is 2.23 bits per heavy atom. The summed E-state index contributed by atoms with van der Waals surface area (Å²) in [5.41, 5.74) is 0.155. The smallest absolute Gasteiger partial charge is 0.410 e. The minimum absolute atomic E-state index is 0.120. The molecule has 2 saturated heterocycles. The summed E-state index contributed by atoms with van der Waals surface area (Å²) in [7, 11) is 1.64. The van der Waals surface area contributed by atoms with Crippen LogP contribution in [0.1, 0.15) is 44.0 Å². The zero-order valence-corrected chi connectivity index (χ0v) is 18.0. The van der Waals surface area contributed by atoms with E-state index in [9.17, 15) is 9.59 Å². The molecule has 2 aromatic carbocycles. The number of carbonyl (C=O) groups is 2. The molecule has 0 saturated carbocycles.